The Hall–Kier alpha value is -2.07. The van der Waals surface area contributed by atoms with Crippen LogP contribution in [0.3, 0.4) is 0 Å². The maximum atomic E-state index is 13.0. The summed E-state index contributed by atoms with van der Waals surface area (Å²) >= 11 is 5.95. The molecule has 0 unspecified atom stereocenters. The molecule has 0 amide bonds. The summed E-state index contributed by atoms with van der Waals surface area (Å²) in [5.41, 5.74) is 0.963. The molecule has 0 spiro atoms. The summed E-state index contributed by atoms with van der Waals surface area (Å²) in [6, 6.07) is 9.04. The lowest BCUT2D eigenvalue weighted by molar-refractivity contribution is 0.0989. The van der Waals surface area contributed by atoms with Gasteiger partial charge in [0.05, 0.1) is 19.8 Å². The second-order valence-corrected chi connectivity index (χ2v) is 4.78. The van der Waals surface area contributed by atoms with Gasteiger partial charge in [-0.2, -0.15) is 0 Å². The summed E-state index contributed by atoms with van der Waals surface area (Å²) < 4.78 is 23.4. The second kappa shape index (κ2) is 6.59. The average Bonchev–Trinajstić information content (AvgIpc) is 2.49. The van der Waals surface area contributed by atoms with Crippen molar-refractivity contribution in [1.29, 1.82) is 0 Å². The molecule has 0 saturated heterocycles. The molecule has 0 saturated carbocycles. The van der Waals surface area contributed by atoms with Crippen LogP contribution in [0.5, 0.6) is 11.5 Å². The van der Waals surface area contributed by atoms with Crippen LogP contribution in [0.25, 0.3) is 0 Å². The van der Waals surface area contributed by atoms with Crippen molar-refractivity contribution < 1.29 is 18.7 Å². The molecule has 0 N–H and O–H groups in total. The summed E-state index contributed by atoms with van der Waals surface area (Å²) in [7, 11) is 2.97. The van der Waals surface area contributed by atoms with Gasteiger partial charge >= 0.3 is 0 Å². The number of hydrogen-bond acceptors (Lipinski definition) is 3. The van der Waals surface area contributed by atoms with Gasteiger partial charge in [-0.05, 0) is 29.8 Å². The molecule has 0 fully saturated rings. The predicted molar refractivity (Wildman–Crippen MR) is 79.0 cm³/mol. The second-order valence-electron chi connectivity index (χ2n) is 4.38. The van der Waals surface area contributed by atoms with E-state index < -0.39 is 5.82 Å². The first-order valence-corrected chi connectivity index (χ1v) is 6.62. The van der Waals surface area contributed by atoms with E-state index in [0.717, 1.165) is 0 Å². The highest BCUT2D eigenvalue weighted by atomic mass is 35.5. The van der Waals surface area contributed by atoms with Crippen molar-refractivity contribution in [2.24, 2.45) is 0 Å². The lowest BCUT2D eigenvalue weighted by Crippen LogP contribution is -2.07. The molecular weight excluding hydrogens is 295 g/mol. The van der Waals surface area contributed by atoms with E-state index in [1.165, 1.54) is 32.4 Å². The molecule has 3 nitrogen and oxygen atoms in total. The number of para-hydroxylation sites is 1. The van der Waals surface area contributed by atoms with Gasteiger partial charge in [-0.25, -0.2) is 4.39 Å². The van der Waals surface area contributed by atoms with Gasteiger partial charge in [0.2, 0.25) is 0 Å². The van der Waals surface area contributed by atoms with E-state index in [2.05, 4.69) is 0 Å². The molecule has 0 aliphatic carbocycles. The zero-order valence-electron chi connectivity index (χ0n) is 11.7. The van der Waals surface area contributed by atoms with Gasteiger partial charge < -0.3 is 9.47 Å². The number of ketones is 1. The minimum absolute atomic E-state index is 0.0582. The SMILES string of the molecule is COc1cccc(C(=O)Cc2ccc(F)cc2Cl)c1OC. The van der Waals surface area contributed by atoms with Crippen LogP contribution in [0.1, 0.15) is 15.9 Å². The van der Waals surface area contributed by atoms with Crippen molar-refractivity contribution in [2.75, 3.05) is 14.2 Å². The third-order valence-corrected chi connectivity index (χ3v) is 3.42. The molecule has 5 heteroatoms. The number of ether oxygens (including phenoxy) is 2. The first-order chi connectivity index (χ1) is 10.1. The summed E-state index contributed by atoms with van der Waals surface area (Å²) in [5.74, 6) is 0.242. The fraction of sp³-hybridized carbons (Fsp3) is 0.188. The Morgan fingerprint density at radius 2 is 1.95 bits per heavy atom. The van der Waals surface area contributed by atoms with Crippen molar-refractivity contribution in [2.45, 2.75) is 6.42 Å². The zero-order chi connectivity index (χ0) is 15.4. The number of carbonyl (C=O) groups excluding carboxylic acids is 1. The Morgan fingerprint density at radius 1 is 1.19 bits per heavy atom. The lowest BCUT2D eigenvalue weighted by atomic mass is 10.0. The molecule has 0 bridgehead atoms. The molecule has 21 heavy (non-hydrogen) atoms. The van der Waals surface area contributed by atoms with Crippen molar-refractivity contribution in [3.8, 4) is 11.5 Å². The van der Waals surface area contributed by atoms with Crippen LogP contribution in [-0.2, 0) is 6.42 Å². The molecule has 0 aliphatic rings. The Bertz CT molecular complexity index is 671. The monoisotopic (exact) mass is 308 g/mol. The lowest BCUT2D eigenvalue weighted by Gasteiger charge is -2.12. The van der Waals surface area contributed by atoms with Crippen molar-refractivity contribution in [1.82, 2.24) is 0 Å². The number of hydrogen-bond donors (Lipinski definition) is 0. The highest BCUT2D eigenvalue weighted by Gasteiger charge is 2.17. The van der Waals surface area contributed by atoms with Gasteiger partial charge in [-0.3, -0.25) is 4.79 Å². The van der Waals surface area contributed by atoms with E-state index in [1.54, 1.807) is 18.2 Å². The number of methoxy groups -OCH3 is 2. The smallest absolute Gasteiger partial charge is 0.171 e. The first-order valence-electron chi connectivity index (χ1n) is 6.25. The summed E-state index contributed by atoms with van der Waals surface area (Å²) in [6.45, 7) is 0. The minimum atomic E-state index is -0.435. The third kappa shape index (κ3) is 3.34. The number of halogens is 2. The fourth-order valence-corrected chi connectivity index (χ4v) is 2.27. The molecule has 0 heterocycles. The van der Waals surface area contributed by atoms with Crippen LogP contribution in [0.15, 0.2) is 36.4 Å². The number of benzene rings is 2. The van der Waals surface area contributed by atoms with E-state index in [0.29, 0.717) is 22.6 Å². The molecule has 2 aromatic rings. The first kappa shape index (κ1) is 15.3. The van der Waals surface area contributed by atoms with Crippen LogP contribution in [0, 0.1) is 5.82 Å². The normalized spacial score (nSPS) is 10.3. The van der Waals surface area contributed by atoms with Gasteiger partial charge in [0.25, 0.3) is 0 Å². The van der Waals surface area contributed by atoms with Crippen molar-refractivity contribution in [3.05, 3.63) is 58.4 Å². The molecule has 2 rings (SSSR count). The summed E-state index contributed by atoms with van der Waals surface area (Å²) in [4.78, 5) is 12.4. The van der Waals surface area contributed by atoms with E-state index in [9.17, 15) is 9.18 Å². The van der Waals surface area contributed by atoms with E-state index in [4.69, 9.17) is 21.1 Å². The van der Waals surface area contributed by atoms with E-state index >= 15 is 0 Å². The minimum Gasteiger partial charge on any atom is -0.493 e. The largest absolute Gasteiger partial charge is 0.493 e. The Balaban J connectivity index is 2.32. The third-order valence-electron chi connectivity index (χ3n) is 3.07. The predicted octanol–water partition coefficient (Wildman–Crippen LogP) is 3.92. The standard InChI is InChI=1S/C16H14ClFO3/c1-20-15-5-3-4-12(16(15)21-2)14(19)8-10-6-7-11(18)9-13(10)17/h3-7,9H,8H2,1-2H3. The Morgan fingerprint density at radius 3 is 2.57 bits per heavy atom. The molecule has 110 valence electrons. The number of Topliss-reactive ketones (excluding diaryl/α,β-unsaturated/α-hetero) is 1. The molecule has 0 aromatic heterocycles. The number of carbonyl (C=O) groups is 1. The highest BCUT2D eigenvalue weighted by molar-refractivity contribution is 6.31. The quantitative estimate of drug-likeness (QED) is 0.785. The molecular formula is C16H14ClFO3. The van der Waals surface area contributed by atoms with Gasteiger partial charge in [-0.1, -0.05) is 23.7 Å². The zero-order valence-corrected chi connectivity index (χ0v) is 12.4. The van der Waals surface area contributed by atoms with Crippen molar-refractivity contribution in [3.63, 3.8) is 0 Å². The van der Waals surface area contributed by atoms with Gasteiger partial charge in [-0.15, -0.1) is 0 Å². The van der Waals surface area contributed by atoms with Gasteiger partial charge in [0.15, 0.2) is 17.3 Å². The maximum Gasteiger partial charge on any atom is 0.171 e. The fourth-order valence-electron chi connectivity index (χ4n) is 2.04. The topological polar surface area (TPSA) is 35.5 Å². The van der Waals surface area contributed by atoms with E-state index in [-0.39, 0.29) is 17.2 Å². The number of rotatable bonds is 5. The Kier molecular flexibility index (Phi) is 4.81. The van der Waals surface area contributed by atoms with Gasteiger partial charge in [0.1, 0.15) is 5.82 Å². The van der Waals surface area contributed by atoms with Crippen LogP contribution in [-0.4, -0.2) is 20.0 Å². The molecule has 0 radical (unpaired) electrons. The maximum absolute atomic E-state index is 13.0. The summed E-state index contributed by atoms with van der Waals surface area (Å²) in [5, 5.41) is 0.227. The van der Waals surface area contributed by atoms with Gasteiger partial charge in [0, 0.05) is 11.4 Å². The van der Waals surface area contributed by atoms with Crippen LogP contribution >= 0.6 is 11.6 Å². The van der Waals surface area contributed by atoms with Crippen LogP contribution < -0.4 is 9.47 Å². The molecule has 2 aromatic carbocycles. The van der Waals surface area contributed by atoms with Crippen molar-refractivity contribution >= 4 is 17.4 Å². The van der Waals surface area contributed by atoms with Crippen LogP contribution in [0.2, 0.25) is 5.02 Å². The molecule has 0 atom stereocenters. The summed E-state index contributed by atoms with van der Waals surface area (Å²) in [6.07, 6.45) is 0.0582. The average molecular weight is 309 g/mol. The highest BCUT2D eigenvalue weighted by Crippen LogP contribution is 2.32. The van der Waals surface area contributed by atoms with Crippen LogP contribution in [0.4, 0.5) is 4.39 Å². The molecule has 0 aliphatic heterocycles. The van der Waals surface area contributed by atoms with E-state index in [1.807, 2.05) is 0 Å². The Labute approximate surface area is 127 Å².